The van der Waals surface area contributed by atoms with Crippen LogP contribution in [0.5, 0.6) is 0 Å². The molecule has 16 heavy (non-hydrogen) atoms. The molecule has 0 aromatic carbocycles. The molecule has 94 valence electrons. The Hall–Kier alpha value is 0.310. The molecule has 1 saturated carbocycles. The van der Waals surface area contributed by atoms with Crippen molar-refractivity contribution in [1.82, 2.24) is 5.32 Å². The second kappa shape index (κ2) is 6.30. The number of nitrogens with one attached hydrogen (secondary N) is 1. The average molecular weight is 241 g/mol. The van der Waals surface area contributed by atoms with Crippen molar-refractivity contribution in [3.05, 3.63) is 0 Å². The molecule has 1 saturated heterocycles. The van der Waals surface area contributed by atoms with Gasteiger partial charge in [-0.1, -0.05) is 32.1 Å². The minimum absolute atomic E-state index is 0.544. The van der Waals surface area contributed by atoms with Crippen LogP contribution in [0.3, 0.4) is 0 Å². The molecule has 0 bridgehead atoms. The van der Waals surface area contributed by atoms with E-state index in [1.165, 1.54) is 70.1 Å². The second-order valence-electron chi connectivity index (χ2n) is 5.82. The molecule has 0 aromatic heterocycles. The van der Waals surface area contributed by atoms with E-state index in [0.29, 0.717) is 4.75 Å². The molecule has 0 radical (unpaired) electrons. The van der Waals surface area contributed by atoms with Crippen LogP contribution in [0.4, 0.5) is 0 Å². The lowest BCUT2D eigenvalue weighted by Crippen LogP contribution is -2.39. The van der Waals surface area contributed by atoms with Crippen molar-refractivity contribution < 1.29 is 0 Å². The fourth-order valence-electron chi connectivity index (χ4n) is 3.00. The van der Waals surface area contributed by atoms with Gasteiger partial charge in [0.15, 0.2) is 0 Å². The standard InChI is InChI=1S/C14H27NS/c1-14(10-7-11-16-14)12-15-13-8-5-3-2-4-6-9-13/h13,15H,2-12H2,1H3. The Balaban J connectivity index is 1.70. The molecule has 1 aliphatic heterocycles. The Bertz CT molecular complexity index is 191. The first-order chi connectivity index (χ1) is 7.79. The van der Waals surface area contributed by atoms with Gasteiger partial charge in [0.2, 0.25) is 0 Å². The fraction of sp³-hybridized carbons (Fsp3) is 1.00. The van der Waals surface area contributed by atoms with Gasteiger partial charge in [0.25, 0.3) is 0 Å². The molecular weight excluding hydrogens is 214 g/mol. The van der Waals surface area contributed by atoms with Crippen LogP contribution in [0.2, 0.25) is 0 Å². The van der Waals surface area contributed by atoms with Crippen LogP contribution >= 0.6 is 11.8 Å². The Morgan fingerprint density at radius 3 is 2.38 bits per heavy atom. The zero-order valence-electron chi connectivity index (χ0n) is 10.8. The van der Waals surface area contributed by atoms with E-state index < -0.39 is 0 Å². The lowest BCUT2D eigenvalue weighted by molar-refractivity contribution is 0.374. The molecule has 0 amide bonds. The third kappa shape index (κ3) is 3.96. The Morgan fingerprint density at radius 1 is 1.06 bits per heavy atom. The van der Waals surface area contributed by atoms with Crippen molar-refractivity contribution in [2.45, 2.75) is 75.5 Å². The summed E-state index contributed by atoms with van der Waals surface area (Å²) >= 11 is 2.18. The highest BCUT2D eigenvalue weighted by molar-refractivity contribution is 8.00. The van der Waals surface area contributed by atoms with E-state index in [-0.39, 0.29) is 0 Å². The number of thioether (sulfide) groups is 1. The third-order valence-corrected chi connectivity index (χ3v) is 5.71. The minimum Gasteiger partial charge on any atom is -0.313 e. The van der Waals surface area contributed by atoms with Gasteiger partial charge in [0, 0.05) is 17.3 Å². The molecule has 1 heterocycles. The zero-order chi connectivity index (χ0) is 11.3. The second-order valence-corrected chi connectivity index (χ2v) is 7.51. The van der Waals surface area contributed by atoms with E-state index in [0.717, 1.165) is 6.04 Å². The molecule has 0 spiro atoms. The Labute approximate surface area is 105 Å². The maximum absolute atomic E-state index is 3.85. The van der Waals surface area contributed by atoms with Gasteiger partial charge in [-0.2, -0.15) is 11.8 Å². The summed E-state index contributed by atoms with van der Waals surface area (Å²) in [4.78, 5) is 0. The molecule has 1 N–H and O–H groups in total. The first kappa shape index (κ1) is 12.8. The highest BCUT2D eigenvalue weighted by Gasteiger charge is 2.29. The van der Waals surface area contributed by atoms with Gasteiger partial charge < -0.3 is 5.32 Å². The van der Waals surface area contributed by atoms with Crippen molar-refractivity contribution in [2.24, 2.45) is 0 Å². The van der Waals surface area contributed by atoms with E-state index >= 15 is 0 Å². The first-order valence-corrected chi connectivity index (χ1v) is 8.14. The van der Waals surface area contributed by atoms with Gasteiger partial charge in [0.05, 0.1) is 0 Å². The molecule has 2 heteroatoms. The van der Waals surface area contributed by atoms with E-state index in [9.17, 15) is 0 Å². The summed E-state index contributed by atoms with van der Waals surface area (Å²) < 4.78 is 0.544. The predicted octanol–water partition coefficient (Wildman–Crippen LogP) is 3.97. The lowest BCUT2D eigenvalue weighted by atomic mass is 9.96. The van der Waals surface area contributed by atoms with Crippen molar-refractivity contribution in [3.8, 4) is 0 Å². The normalized spacial score (nSPS) is 33.6. The van der Waals surface area contributed by atoms with Gasteiger partial charge >= 0.3 is 0 Å². The summed E-state index contributed by atoms with van der Waals surface area (Å²) in [6.45, 7) is 3.68. The number of hydrogen-bond donors (Lipinski definition) is 1. The average Bonchev–Trinajstić information content (AvgIpc) is 2.64. The number of hydrogen-bond acceptors (Lipinski definition) is 2. The highest BCUT2D eigenvalue weighted by atomic mass is 32.2. The van der Waals surface area contributed by atoms with E-state index in [2.05, 4.69) is 24.0 Å². The summed E-state index contributed by atoms with van der Waals surface area (Å²) in [7, 11) is 0. The lowest BCUT2D eigenvalue weighted by Gasteiger charge is -2.28. The van der Waals surface area contributed by atoms with Gasteiger partial charge in [-0.15, -0.1) is 0 Å². The van der Waals surface area contributed by atoms with E-state index in [1.54, 1.807) is 0 Å². The first-order valence-electron chi connectivity index (χ1n) is 7.16. The zero-order valence-corrected chi connectivity index (χ0v) is 11.6. The summed E-state index contributed by atoms with van der Waals surface area (Å²) in [5.41, 5.74) is 0. The molecule has 2 fully saturated rings. The summed E-state index contributed by atoms with van der Waals surface area (Å²) in [6, 6.07) is 0.818. The molecule has 0 aromatic rings. The van der Waals surface area contributed by atoms with Crippen molar-refractivity contribution in [1.29, 1.82) is 0 Å². The summed E-state index contributed by atoms with van der Waals surface area (Å²) in [5, 5.41) is 3.85. The molecule has 2 aliphatic rings. The summed E-state index contributed by atoms with van der Waals surface area (Å²) in [5.74, 6) is 1.38. The predicted molar refractivity (Wildman–Crippen MR) is 74.2 cm³/mol. The topological polar surface area (TPSA) is 12.0 Å². The van der Waals surface area contributed by atoms with Gasteiger partial charge in [-0.3, -0.25) is 0 Å². The largest absolute Gasteiger partial charge is 0.313 e. The molecule has 1 unspecified atom stereocenters. The van der Waals surface area contributed by atoms with Gasteiger partial charge in [-0.25, -0.2) is 0 Å². The molecule has 1 nitrogen and oxygen atoms in total. The van der Waals surface area contributed by atoms with Crippen molar-refractivity contribution in [3.63, 3.8) is 0 Å². The molecule has 1 aliphatic carbocycles. The fourth-order valence-corrected chi connectivity index (χ4v) is 4.25. The van der Waals surface area contributed by atoms with Gasteiger partial charge in [-0.05, 0) is 38.4 Å². The van der Waals surface area contributed by atoms with Crippen LogP contribution in [-0.2, 0) is 0 Å². The van der Waals surface area contributed by atoms with Crippen LogP contribution in [0, 0.1) is 0 Å². The Morgan fingerprint density at radius 2 is 1.75 bits per heavy atom. The smallest absolute Gasteiger partial charge is 0.0256 e. The van der Waals surface area contributed by atoms with E-state index in [4.69, 9.17) is 0 Å². The maximum Gasteiger partial charge on any atom is 0.0256 e. The number of rotatable bonds is 3. The van der Waals surface area contributed by atoms with Gasteiger partial charge in [0.1, 0.15) is 0 Å². The highest BCUT2D eigenvalue weighted by Crippen LogP contribution is 2.37. The van der Waals surface area contributed by atoms with Crippen LogP contribution in [0.1, 0.15) is 64.7 Å². The maximum atomic E-state index is 3.85. The molecule has 1 atom stereocenters. The van der Waals surface area contributed by atoms with Crippen molar-refractivity contribution in [2.75, 3.05) is 12.3 Å². The van der Waals surface area contributed by atoms with Crippen LogP contribution < -0.4 is 5.32 Å². The van der Waals surface area contributed by atoms with E-state index in [1.807, 2.05) is 0 Å². The quantitative estimate of drug-likeness (QED) is 0.802. The molecule has 2 rings (SSSR count). The Kier molecular flexibility index (Phi) is 5.02. The van der Waals surface area contributed by atoms with Crippen molar-refractivity contribution >= 4 is 11.8 Å². The minimum atomic E-state index is 0.544. The molecular formula is C14H27NS. The van der Waals surface area contributed by atoms with Crippen LogP contribution in [0.25, 0.3) is 0 Å². The van der Waals surface area contributed by atoms with Crippen LogP contribution in [-0.4, -0.2) is 23.1 Å². The summed E-state index contributed by atoms with van der Waals surface area (Å²) in [6.07, 6.45) is 13.0. The van der Waals surface area contributed by atoms with Crippen LogP contribution in [0.15, 0.2) is 0 Å². The third-order valence-electron chi connectivity index (χ3n) is 4.17. The monoisotopic (exact) mass is 241 g/mol. The SMILES string of the molecule is CC1(CNC2CCCCCCC2)CCCS1.